The predicted octanol–water partition coefficient (Wildman–Crippen LogP) is 3.89. The Labute approximate surface area is 135 Å². The summed E-state index contributed by atoms with van der Waals surface area (Å²) in [6.07, 6.45) is 0. The average Bonchev–Trinajstić information content (AvgIpc) is 3.03. The van der Waals surface area contributed by atoms with Crippen LogP contribution in [0, 0.1) is 13.8 Å². The SMILES string of the molecule is Cc1ccc(C(=O)NCc2cc(-c3ccc(C)cc3)on2)cc1. The molecule has 0 atom stereocenters. The molecule has 0 bridgehead atoms. The number of amides is 1. The van der Waals surface area contributed by atoms with Gasteiger partial charge < -0.3 is 9.84 Å². The van der Waals surface area contributed by atoms with Gasteiger partial charge in [0.2, 0.25) is 0 Å². The zero-order valence-corrected chi connectivity index (χ0v) is 13.2. The monoisotopic (exact) mass is 306 g/mol. The second-order valence-electron chi connectivity index (χ2n) is 5.60. The molecule has 3 aromatic rings. The van der Waals surface area contributed by atoms with Gasteiger partial charge in [0.25, 0.3) is 5.91 Å². The Balaban J connectivity index is 1.64. The third kappa shape index (κ3) is 3.66. The molecule has 2 aromatic carbocycles. The van der Waals surface area contributed by atoms with E-state index in [0.717, 1.165) is 11.1 Å². The largest absolute Gasteiger partial charge is 0.356 e. The van der Waals surface area contributed by atoms with Crippen molar-refractivity contribution in [2.24, 2.45) is 0 Å². The Morgan fingerprint density at radius 1 is 1.00 bits per heavy atom. The lowest BCUT2D eigenvalue weighted by atomic mass is 10.1. The van der Waals surface area contributed by atoms with Gasteiger partial charge in [0, 0.05) is 17.2 Å². The maximum atomic E-state index is 12.1. The Bertz CT molecular complexity index is 802. The van der Waals surface area contributed by atoms with E-state index in [1.807, 2.05) is 68.4 Å². The summed E-state index contributed by atoms with van der Waals surface area (Å²) in [7, 11) is 0. The van der Waals surface area contributed by atoms with Crippen LogP contribution in [0.5, 0.6) is 0 Å². The minimum Gasteiger partial charge on any atom is -0.356 e. The third-order valence-corrected chi connectivity index (χ3v) is 3.64. The lowest BCUT2D eigenvalue weighted by Crippen LogP contribution is -2.22. The van der Waals surface area contributed by atoms with Crippen LogP contribution in [0.15, 0.2) is 59.1 Å². The van der Waals surface area contributed by atoms with Crippen LogP contribution in [0.25, 0.3) is 11.3 Å². The van der Waals surface area contributed by atoms with Crippen molar-refractivity contribution < 1.29 is 9.32 Å². The summed E-state index contributed by atoms with van der Waals surface area (Å²) >= 11 is 0. The van der Waals surface area contributed by atoms with Crippen LogP contribution in [-0.2, 0) is 6.54 Å². The van der Waals surface area contributed by atoms with Gasteiger partial charge >= 0.3 is 0 Å². The van der Waals surface area contributed by atoms with Gasteiger partial charge in [-0.25, -0.2) is 0 Å². The van der Waals surface area contributed by atoms with Gasteiger partial charge in [-0.05, 0) is 26.0 Å². The fourth-order valence-electron chi connectivity index (χ4n) is 2.23. The molecule has 0 spiro atoms. The van der Waals surface area contributed by atoms with Crippen LogP contribution in [0.4, 0.5) is 0 Å². The highest BCUT2D eigenvalue weighted by Gasteiger charge is 2.09. The molecule has 0 aliphatic rings. The second-order valence-corrected chi connectivity index (χ2v) is 5.60. The fourth-order valence-corrected chi connectivity index (χ4v) is 2.23. The molecule has 23 heavy (non-hydrogen) atoms. The maximum Gasteiger partial charge on any atom is 0.251 e. The van der Waals surface area contributed by atoms with Crippen molar-refractivity contribution in [3.63, 3.8) is 0 Å². The molecule has 116 valence electrons. The van der Waals surface area contributed by atoms with E-state index in [-0.39, 0.29) is 5.91 Å². The van der Waals surface area contributed by atoms with Crippen molar-refractivity contribution in [3.05, 3.63) is 77.0 Å². The number of aromatic nitrogens is 1. The minimum atomic E-state index is -0.120. The normalized spacial score (nSPS) is 10.5. The minimum absolute atomic E-state index is 0.120. The maximum absolute atomic E-state index is 12.1. The lowest BCUT2D eigenvalue weighted by molar-refractivity contribution is 0.0950. The van der Waals surface area contributed by atoms with Crippen molar-refractivity contribution in [3.8, 4) is 11.3 Å². The highest BCUT2D eigenvalue weighted by molar-refractivity contribution is 5.94. The first kappa shape index (κ1) is 15.0. The van der Waals surface area contributed by atoms with Crippen molar-refractivity contribution >= 4 is 5.91 Å². The van der Waals surface area contributed by atoms with Gasteiger partial charge in [0.1, 0.15) is 5.69 Å². The molecule has 1 heterocycles. The zero-order valence-electron chi connectivity index (χ0n) is 13.2. The summed E-state index contributed by atoms with van der Waals surface area (Å²) in [6.45, 7) is 4.36. The van der Waals surface area contributed by atoms with Gasteiger partial charge in [0.15, 0.2) is 5.76 Å². The quantitative estimate of drug-likeness (QED) is 0.795. The molecule has 1 amide bonds. The number of nitrogens with one attached hydrogen (secondary N) is 1. The summed E-state index contributed by atoms with van der Waals surface area (Å²) in [5.74, 6) is 0.578. The van der Waals surface area contributed by atoms with Gasteiger partial charge in [-0.3, -0.25) is 4.79 Å². The first-order chi connectivity index (χ1) is 11.1. The second kappa shape index (κ2) is 6.48. The Morgan fingerprint density at radius 3 is 2.26 bits per heavy atom. The van der Waals surface area contributed by atoms with Gasteiger partial charge in [0.05, 0.1) is 6.54 Å². The van der Waals surface area contributed by atoms with E-state index in [2.05, 4.69) is 10.5 Å². The van der Waals surface area contributed by atoms with E-state index in [0.29, 0.717) is 23.6 Å². The summed E-state index contributed by atoms with van der Waals surface area (Å²) in [5, 5.41) is 6.85. The standard InChI is InChI=1S/C19H18N2O2/c1-13-3-7-15(8-4-13)18-11-17(21-23-18)12-20-19(22)16-9-5-14(2)6-10-16/h3-11H,12H2,1-2H3,(H,20,22). The van der Waals surface area contributed by atoms with E-state index in [9.17, 15) is 4.79 Å². The molecule has 4 nitrogen and oxygen atoms in total. The smallest absolute Gasteiger partial charge is 0.251 e. The zero-order chi connectivity index (χ0) is 16.2. The van der Waals surface area contributed by atoms with Crippen LogP contribution >= 0.6 is 0 Å². The Hall–Kier alpha value is -2.88. The number of aryl methyl sites for hydroxylation is 2. The summed E-state index contributed by atoms with van der Waals surface area (Å²) < 4.78 is 5.34. The van der Waals surface area contributed by atoms with Crippen LogP contribution < -0.4 is 5.32 Å². The first-order valence-corrected chi connectivity index (χ1v) is 7.49. The van der Waals surface area contributed by atoms with E-state index in [1.165, 1.54) is 5.56 Å². The highest BCUT2D eigenvalue weighted by Crippen LogP contribution is 2.20. The van der Waals surface area contributed by atoms with Crippen molar-refractivity contribution in [2.45, 2.75) is 20.4 Å². The summed E-state index contributed by atoms with van der Waals surface area (Å²) in [6, 6.07) is 17.3. The van der Waals surface area contributed by atoms with Crippen molar-refractivity contribution in [1.29, 1.82) is 0 Å². The molecule has 0 radical (unpaired) electrons. The highest BCUT2D eigenvalue weighted by atomic mass is 16.5. The van der Waals surface area contributed by atoms with E-state index < -0.39 is 0 Å². The predicted molar refractivity (Wildman–Crippen MR) is 89.0 cm³/mol. The first-order valence-electron chi connectivity index (χ1n) is 7.49. The summed E-state index contributed by atoms with van der Waals surface area (Å²) in [5.41, 5.74) is 4.62. The Kier molecular flexibility index (Phi) is 4.24. The van der Waals surface area contributed by atoms with Gasteiger partial charge in [-0.15, -0.1) is 0 Å². The molecule has 0 unspecified atom stereocenters. The van der Waals surface area contributed by atoms with Gasteiger partial charge in [-0.2, -0.15) is 0 Å². The van der Waals surface area contributed by atoms with Gasteiger partial charge in [-0.1, -0.05) is 52.7 Å². The van der Waals surface area contributed by atoms with E-state index >= 15 is 0 Å². The number of nitrogens with zero attached hydrogens (tertiary/aromatic N) is 1. The molecule has 4 heteroatoms. The number of benzene rings is 2. The number of hydrogen-bond donors (Lipinski definition) is 1. The van der Waals surface area contributed by atoms with Crippen LogP contribution in [-0.4, -0.2) is 11.1 Å². The molecule has 0 fully saturated rings. The van der Waals surface area contributed by atoms with Crippen LogP contribution in [0.1, 0.15) is 27.2 Å². The van der Waals surface area contributed by atoms with Crippen molar-refractivity contribution in [1.82, 2.24) is 10.5 Å². The van der Waals surface area contributed by atoms with Crippen LogP contribution in [0.2, 0.25) is 0 Å². The van der Waals surface area contributed by atoms with E-state index in [1.54, 1.807) is 0 Å². The third-order valence-electron chi connectivity index (χ3n) is 3.64. The Morgan fingerprint density at radius 2 is 1.61 bits per heavy atom. The number of carbonyl (C=O) groups is 1. The molecule has 0 saturated heterocycles. The molecule has 1 aromatic heterocycles. The fraction of sp³-hybridized carbons (Fsp3) is 0.158. The molecule has 0 aliphatic carbocycles. The van der Waals surface area contributed by atoms with Crippen molar-refractivity contribution in [2.75, 3.05) is 0 Å². The average molecular weight is 306 g/mol. The topological polar surface area (TPSA) is 55.1 Å². The summed E-state index contributed by atoms with van der Waals surface area (Å²) in [4.78, 5) is 12.1. The number of hydrogen-bond acceptors (Lipinski definition) is 3. The van der Waals surface area contributed by atoms with Crippen LogP contribution in [0.3, 0.4) is 0 Å². The molecular weight excluding hydrogens is 288 g/mol. The number of carbonyl (C=O) groups excluding carboxylic acids is 1. The molecule has 0 aliphatic heterocycles. The molecule has 0 saturated carbocycles. The molecule has 3 rings (SSSR count). The lowest BCUT2D eigenvalue weighted by Gasteiger charge is -2.03. The molecular formula is C19H18N2O2. The number of rotatable bonds is 4. The molecule has 1 N–H and O–H groups in total. The van der Waals surface area contributed by atoms with E-state index in [4.69, 9.17) is 4.52 Å².